The molecular formula is C29H27FN6O. The lowest BCUT2D eigenvalue weighted by Crippen LogP contribution is -2.47. The van der Waals surface area contributed by atoms with E-state index in [4.69, 9.17) is 9.97 Å². The number of amides is 1. The summed E-state index contributed by atoms with van der Waals surface area (Å²) in [5, 5.41) is 12.9. The summed E-state index contributed by atoms with van der Waals surface area (Å²) in [6.45, 7) is 2.69. The van der Waals surface area contributed by atoms with Gasteiger partial charge in [0.2, 0.25) is 5.91 Å². The van der Waals surface area contributed by atoms with Crippen molar-refractivity contribution in [2.45, 2.75) is 12.3 Å². The monoisotopic (exact) mass is 494 g/mol. The molecule has 2 heterocycles. The van der Waals surface area contributed by atoms with Crippen LogP contribution in [-0.4, -0.2) is 48.6 Å². The fourth-order valence-electron chi connectivity index (χ4n) is 4.62. The van der Waals surface area contributed by atoms with Gasteiger partial charge in [-0.1, -0.05) is 54.6 Å². The highest BCUT2D eigenvalue weighted by Crippen LogP contribution is 2.29. The summed E-state index contributed by atoms with van der Waals surface area (Å²) in [6, 6.07) is 26.2. The third-order valence-corrected chi connectivity index (χ3v) is 6.57. The van der Waals surface area contributed by atoms with Crippen LogP contribution in [0.2, 0.25) is 0 Å². The molecule has 0 radical (unpaired) electrons. The molecule has 5 rings (SSSR count). The van der Waals surface area contributed by atoms with E-state index in [1.165, 1.54) is 6.07 Å². The summed E-state index contributed by atoms with van der Waals surface area (Å²) < 4.78 is 14.3. The van der Waals surface area contributed by atoms with E-state index in [2.05, 4.69) is 11.4 Å². The van der Waals surface area contributed by atoms with Gasteiger partial charge in [0, 0.05) is 32.7 Å². The Morgan fingerprint density at radius 1 is 0.892 bits per heavy atom. The molecule has 0 spiro atoms. The number of hydrogen-bond donors (Lipinski definition) is 1. The van der Waals surface area contributed by atoms with Crippen molar-refractivity contribution in [3.05, 3.63) is 95.9 Å². The molecule has 3 aromatic carbocycles. The van der Waals surface area contributed by atoms with Gasteiger partial charge in [-0.15, -0.1) is 0 Å². The van der Waals surface area contributed by atoms with Crippen LogP contribution in [0.4, 0.5) is 15.9 Å². The van der Waals surface area contributed by atoms with Gasteiger partial charge in [-0.05, 0) is 36.2 Å². The number of rotatable bonds is 7. The number of benzene rings is 3. The lowest BCUT2D eigenvalue weighted by molar-refractivity contribution is -0.121. The van der Waals surface area contributed by atoms with Crippen molar-refractivity contribution in [3.63, 3.8) is 0 Å². The fourth-order valence-corrected chi connectivity index (χ4v) is 4.62. The topological polar surface area (TPSA) is 85.1 Å². The largest absolute Gasteiger partial charge is 0.366 e. The maximum atomic E-state index is 14.3. The van der Waals surface area contributed by atoms with Crippen LogP contribution in [0.1, 0.15) is 17.2 Å². The van der Waals surface area contributed by atoms with Crippen molar-refractivity contribution in [2.75, 3.05) is 42.5 Å². The second-order valence-corrected chi connectivity index (χ2v) is 8.94. The molecule has 1 aromatic heterocycles. The van der Waals surface area contributed by atoms with Gasteiger partial charge in [-0.3, -0.25) is 4.79 Å². The van der Waals surface area contributed by atoms with Gasteiger partial charge in [0.25, 0.3) is 0 Å². The Balaban J connectivity index is 1.38. The van der Waals surface area contributed by atoms with E-state index in [-0.39, 0.29) is 5.82 Å². The van der Waals surface area contributed by atoms with Crippen LogP contribution >= 0.6 is 0 Å². The Kier molecular flexibility index (Phi) is 7.22. The van der Waals surface area contributed by atoms with Gasteiger partial charge in [-0.25, -0.2) is 14.4 Å². The second kappa shape index (κ2) is 11.0. The molecule has 8 heteroatoms. The van der Waals surface area contributed by atoms with Crippen LogP contribution in [0.25, 0.3) is 11.0 Å². The molecule has 0 saturated carbocycles. The van der Waals surface area contributed by atoms with E-state index in [0.717, 1.165) is 5.56 Å². The Bertz CT molecular complexity index is 1430. The average molecular weight is 495 g/mol. The van der Waals surface area contributed by atoms with Crippen LogP contribution in [0, 0.1) is 17.1 Å². The molecule has 1 fully saturated rings. The second-order valence-electron chi connectivity index (χ2n) is 8.94. The number of hydrogen-bond acceptors (Lipinski definition) is 6. The van der Waals surface area contributed by atoms with Gasteiger partial charge >= 0.3 is 0 Å². The van der Waals surface area contributed by atoms with E-state index in [1.54, 1.807) is 12.1 Å². The SMILES string of the molecule is N#C[C@H](C(=O)NCCc1ccccc1)c1nc2ccccc2nc1N1CCN(c2ccccc2F)CC1. The quantitative estimate of drug-likeness (QED) is 0.417. The summed E-state index contributed by atoms with van der Waals surface area (Å²) >= 11 is 0. The van der Waals surface area contributed by atoms with Crippen molar-refractivity contribution < 1.29 is 9.18 Å². The molecule has 0 bridgehead atoms. The number of carbonyl (C=O) groups is 1. The summed E-state index contributed by atoms with van der Waals surface area (Å²) in [5.41, 5.74) is 3.34. The summed E-state index contributed by atoms with van der Waals surface area (Å²) in [6.07, 6.45) is 0.666. The zero-order valence-corrected chi connectivity index (χ0v) is 20.3. The number of halogens is 1. The third kappa shape index (κ3) is 5.36. The van der Waals surface area contributed by atoms with Crippen molar-refractivity contribution in [2.24, 2.45) is 0 Å². The minimum atomic E-state index is -1.10. The summed E-state index contributed by atoms with van der Waals surface area (Å²) in [5.74, 6) is -1.22. The average Bonchev–Trinajstić information content (AvgIpc) is 2.94. The maximum Gasteiger partial charge on any atom is 0.243 e. The molecule has 4 aromatic rings. The molecule has 0 unspecified atom stereocenters. The number of aromatic nitrogens is 2. The Morgan fingerprint density at radius 2 is 1.51 bits per heavy atom. The van der Waals surface area contributed by atoms with E-state index >= 15 is 0 Å². The first-order valence-corrected chi connectivity index (χ1v) is 12.4. The van der Waals surface area contributed by atoms with Crippen LogP contribution in [0.3, 0.4) is 0 Å². The Hall–Kier alpha value is -4.51. The van der Waals surface area contributed by atoms with Gasteiger partial charge in [0.1, 0.15) is 11.5 Å². The Labute approximate surface area is 215 Å². The van der Waals surface area contributed by atoms with Crippen LogP contribution in [0.15, 0.2) is 78.9 Å². The minimum absolute atomic E-state index is 0.251. The van der Waals surface area contributed by atoms with E-state index in [0.29, 0.717) is 67.4 Å². The Morgan fingerprint density at radius 3 is 2.22 bits per heavy atom. The fraction of sp³-hybridized carbons (Fsp3) is 0.241. The van der Waals surface area contributed by atoms with Crippen molar-refractivity contribution in [1.29, 1.82) is 5.26 Å². The first-order chi connectivity index (χ1) is 18.1. The number of carbonyl (C=O) groups excluding carboxylic acids is 1. The number of nitriles is 1. The number of para-hydroxylation sites is 3. The molecule has 1 amide bonds. The maximum absolute atomic E-state index is 14.3. The molecule has 1 N–H and O–H groups in total. The van der Waals surface area contributed by atoms with E-state index < -0.39 is 11.8 Å². The number of fused-ring (bicyclic) bond motifs is 1. The molecule has 1 atom stereocenters. The molecule has 186 valence electrons. The van der Waals surface area contributed by atoms with Gasteiger partial charge in [0.05, 0.1) is 22.8 Å². The van der Waals surface area contributed by atoms with Crippen LogP contribution < -0.4 is 15.1 Å². The lowest BCUT2D eigenvalue weighted by Gasteiger charge is -2.37. The number of anilines is 2. The van der Waals surface area contributed by atoms with Crippen LogP contribution in [-0.2, 0) is 11.2 Å². The third-order valence-electron chi connectivity index (χ3n) is 6.57. The molecule has 7 nitrogen and oxygen atoms in total. The lowest BCUT2D eigenvalue weighted by atomic mass is 10.0. The number of nitrogens with one attached hydrogen (secondary N) is 1. The van der Waals surface area contributed by atoms with Crippen molar-refractivity contribution >= 4 is 28.4 Å². The first kappa shape index (κ1) is 24.2. The highest BCUT2D eigenvalue weighted by Gasteiger charge is 2.30. The highest BCUT2D eigenvalue weighted by atomic mass is 19.1. The van der Waals surface area contributed by atoms with Gasteiger partial charge in [-0.2, -0.15) is 5.26 Å². The molecule has 1 saturated heterocycles. The summed E-state index contributed by atoms with van der Waals surface area (Å²) in [7, 11) is 0. The summed E-state index contributed by atoms with van der Waals surface area (Å²) in [4.78, 5) is 26.7. The minimum Gasteiger partial charge on any atom is -0.366 e. The normalized spacial score (nSPS) is 14.3. The standard InChI is InChI=1S/C29H27FN6O/c30-23-10-4-7-13-26(23)35-16-18-36(19-17-35)28-27(33-24-11-5-6-12-25(24)34-28)22(20-31)29(37)32-15-14-21-8-2-1-3-9-21/h1-13,22H,14-19H2,(H,32,37)/t22-/m0/s1. The zero-order chi connectivity index (χ0) is 25.6. The number of nitrogens with zero attached hydrogens (tertiary/aromatic N) is 5. The van der Waals surface area contributed by atoms with E-state index in [1.807, 2.05) is 70.5 Å². The van der Waals surface area contributed by atoms with E-state index in [9.17, 15) is 14.4 Å². The molecule has 0 aliphatic carbocycles. The predicted molar refractivity (Wildman–Crippen MR) is 142 cm³/mol. The number of piperazine rings is 1. The highest BCUT2D eigenvalue weighted by molar-refractivity contribution is 5.89. The van der Waals surface area contributed by atoms with Crippen LogP contribution in [0.5, 0.6) is 0 Å². The zero-order valence-electron chi connectivity index (χ0n) is 20.3. The first-order valence-electron chi connectivity index (χ1n) is 12.4. The smallest absolute Gasteiger partial charge is 0.243 e. The van der Waals surface area contributed by atoms with Gasteiger partial charge < -0.3 is 15.1 Å². The molecular weight excluding hydrogens is 467 g/mol. The van der Waals surface area contributed by atoms with Crippen molar-refractivity contribution in [3.8, 4) is 6.07 Å². The molecule has 1 aliphatic rings. The van der Waals surface area contributed by atoms with Gasteiger partial charge in [0.15, 0.2) is 11.7 Å². The predicted octanol–water partition coefficient (Wildman–Crippen LogP) is 4.06. The molecule has 1 aliphatic heterocycles. The molecule has 37 heavy (non-hydrogen) atoms. The van der Waals surface area contributed by atoms with Crippen molar-refractivity contribution in [1.82, 2.24) is 15.3 Å².